The molecule has 5 heteroatoms. The van der Waals surface area contributed by atoms with Crippen molar-refractivity contribution in [3.8, 4) is 0 Å². The third kappa shape index (κ3) is 2.93. The molecule has 1 aromatic heterocycles. The molecule has 1 aliphatic heterocycles. The van der Waals surface area contributed by atoms with Crippen molar-refractivity contribution in [1.82, 2.24) is 9.97 Å². The van der Waals surface area contributed by atoms with Crippen molar-refractivity contribution in [2.75, 3.05) is 23.3 Å². The first-order valence-corrected chi connectivity index (χ1v) is 7.60. The largest absolute Gasteiger partial charge is 0.355 e. The lowest BCUT2D eigenvalue weighted by Crippen LogP contribution is -2.20. The third-order valence-corrected chi connectivity index (χ3v) is 4.15. The van der Waals surface area contributed by atoms with Crippen molar-refractivity contribution in [3.05, 3.63) is 47.4 Å². The average molecular weight is 296 g/mol. The molecule has 114 valence electrons. The fourth-order valence-electron chi connectivity index (χ4n) is 2.62. The molecule has 0 atom stereocenters. The van der Waals surface area contributed by atoms with E-state index in [2.05, 4.69) is 20.2 Å². The fraction of sp³-hybridized carbons (Fsp3) is 0.353. The van der Waals surface area contributed by atoms with Gasteiger partial charge in [-0.2, -0.15) is 0 Å². The van der Waals surface area contributed by atoms with Crippen LogP contribution in [0.5, 0.6) is 0 Å². The second kappa shape index (κ2) is 6.13. The van der Waals surface area contributed by atoms with Crippen molar-refractivity contribution in [3.63, 3.8) is 0 Å². The number of aryl methyl sites for hydroxylation is 1. The van der Waals surface area contributed by atoms with Crippen LogP contribution in [0.15, 0.2) is 30.6 Å². The van der Waals surface area contributed by atoms with E-state index < -0.39 is 0 Å². The molecule has 0 radical (unpaired) electrons. The number of rotatable bonds is 3. The Bertz CT molecular complexity index is 676. The minimum Gasteiger partial charge on any atom is -0.355 e. The fourth-order valence-corrected chi connectivity index (χ4v) is 2.62. The van der Waals surface area contributed by atoms with Gasteiger partial charge in [-0.1, -0.05) is 12.1 Å². The molecule has 1 aliphatic rings. The van der Waals surface area contributed by atoms with Gasteiger partial charge in [-0.15, -0.1) is 0 Å². The number of nitrogens with zero attached hydrogens (tertiary/aromatic N) is 3. The SMILES string of the molecule is Cc1cccc(NC(=O)c2cnc(N3CCCC3)cn2)c1C. The van der Waals surface area contributed by atoms with Crippen LogP contribution in [0.2, 0.25) is 0 Å². The number of aromatic nitrogens is 2. The zero-order chi connectivity index (χ0) is 15.5. The van der Waals surface area contributed by atoms with E-state index in [1.807, 2.05) is 32.0 Å². The first-order chi connectivity index (χ1) is 10.6. The Balaban J connectivity index is 1.73. The summed E-state index contributed by atoms with van der Waals surface area (Å²) in [4.78, 5) is 23.1. The molecule has 1 fully saturated rings. The lowest BCUT2D eigenvalue weighted by atomic mass is 10.1. The second-order valence-electron chi connectivity index (χ2n) is 5.66. The summed E-state index contributed by atoms with van der Waals surface area (Å²) in [6.45, 7) is 6.05. The van der Waals surface area contributed by atoms with Crippen LogP contribution in [0, 0.1) is 13.8 Å². The molecule has 22 heavy (non-hydrogen) atoms. The summed E-state index contributed by atoms with van der Waals surface area (Å²) in [5, 5.41) is 2.90. The number of carbonyl (C=O) groups is 1. The smallest absolute Gasteiger partial charge is 0.275 e. The molecule has 0 saturated carbocycles. The summed E-state index contributed by atoms with van der Waals surface area (Å²) in [5.41, 5.74) is 3.37. The van der Waals surface area contributed by atoms with Crippen LogP contribution in [0.1, 0.15) is 34.5 Å². The van der Waals surface area contributed by atoms with Gasteiger partial charge >= 0.3 is 0 Å². The van der Waals surface area contributed by atoms with Gasteiger partial charge in [0, 0.05) is 18.8 Å². The number of carbonyl (C=O) groups excluding carboxylic acids is 1. The standard InChI is InChI=1S/C17H20N4O/c1-12-6-5-7-14(13(12)2)20-17(22)15-10-19-16(11-18-15)21-8-3-4-9-21/h5-7,10-11H,3-4,8-9H2,1-2H3,(H,20,22). The Labute approximate surface area is 130 Å². The summed E-state index contributed by atoms with van der Waals surface area (Å²) < 4.78 is 0. The van der Waals surface area contributed by atoms with Crippen LogP contribution in [-0.4, -0.2) is 29.0 Å². The van der Waals surface area contributed by atoms with E-state index in [1.54, 1.807) is 12.4 Å². The molecule has 5 nitrogen and oxygen atoms in total. The Morgan fingerprint density at radius 1 is 1.14 bits per heavy atom. The molecular formula is C17H20N4O. The number of hydrogen-bond acceptors (Lipinski definition) is 4. The van der Waals surface area contributed by atoms with Crippen molar-refractivity contribution in [2.24, 2.45) is 0 Å². The van der Waals surface area contributed by atoms with E-state index in [-0.39, 0.29) is 5.91 Å². The summed E-state index contributed by atoms with van der Waals surface area (Å²) in [7, 11) is 0. The van der Waals surface area contributed by atoms with Crippen molar-refractivity contribution in [2.45, 2.75) is 26.7 Å². The van der Waals surface area contributed by atoms with E-state index in [1.165, 1.54) is 12.8 Å². The maximum absolute atomic E-state index is 12.3. The molecule has 0 spiro atoms. The maximum Gasteiger partial charge on any atom is 0.275 e. The molecule has 1 amide bonds. The van der Waals surface area contributed by atoms with E-state index in [4.69, 9.17) is 0 Å². The predicted molar refractivity (Wildman–Crippen MR) is 87.3 cm³/mol. The Kier molecular flexibility index (Phi) is 4.04. The van der Waals surface area contributed by atoms with E-state index in [0.717, 1.165) is 35.7 Å². The summed E-state index contributed by atoms with van der Waals surface area (Å²) in [5.74, 6) is 0.620. The van der Waals surface area contributed by atoms with Gasteiger partial charge in [0.25, 0.3) is 5.91 Å². The molecule has 3 rings (SSSR count). The van der Waals surface area contributed by atoms with Gasteiger partial charge < -0.3 is 10.2 Å². The predicted octanol–water partition coefficient (Wildman–Crippen LogP) is 2.95. The highest BCUT2D eigenvalue weighted by molar-refractivity contribution is 6.03. The van der Waals surface area contributed by atoms with Gasteiger partial charge in [0.1, 0.15) is 11.5 Å². The van der Waals surface area contributed by atoms with Gasteiger partial charge in [0.2, 0.25) is 0 Å². The summed E-state index contributed by atoms with van der Waals surface area (Å²) in [6, 6.07) is 5.85. The van der Waals surface area contributed by atoms with Gasteiger partial charge in [0.05, 0.1) is 12.4 Å². The van der Waals surface area contributed by atoms with Gasteiger partial charge in [0.15, 0.2) is 0 Å². The van der Waals surface area contributed by atoms with Crippen LogP contribution in [0.4, 0.5) is 11.5 Å². The number of hydrogen-bond donors (Lipinski definition) is 1. The highest BCUT2D eigenvalue weighted by Crippen LogP contribution is 2.19. The molecule has 1 N–H and O–H groups in total. The first-order valence-electron chi connectivity index (χ1n) is 7.60. The van der Waals surface area contributed by atoms with Crippen LogP contribution >= 0.6 is 0 Å². The van der Waals surface area contributed by atoms with Crippen LogP contribution in [0.3, 0.4) is 0 Å². The number of nitrogens with one attached hydrogen (secondary N) is 1. The van der Waals surface area contributed by atoms with Crippen molar-refractivity contribution >= 4 is 17.4 Å². The summed E-state index contributed by atoms with van der Waals surface area (Å²) >= 11 is 0. The first kappa shape index (κ1) is 14.5. The normalized spacial score (nSPS) is 14.2. The maximum atomic E-state index is 12.3. The summed E-state index contributed by atoms with van der Waals surface area (Å²) in [6.07, 6.45) is 5.62. The molecule has 1 aromatic carbocycles. The minimum atomic E-state index is -0.228. The molecule has 0 aliphatic carbocycles. The Morgan fingerprint density at radius 2 is 1.91 bits per heavy atom. The highest BCUT2D eigenvalue weighted by atomic mass is 16.1. The second-order valence-corrected chi connectivity index (χ2v) is 5.66. The zero-order valence-corrected chi connectivity index (χ0v) is 13.0. The van der Waals surface area contributed by atoms with E-state index in [9.17, 15) is 4.79 Å². The lowest BCUT2D eigenvalue weighted by Gasteiger charge is -2.15. The molecule has 0 bridgehead atoms. The third-order valence-electron chi connectivity index (χ3n) is 4.15. The molecule has 0 unspecified atom stereocenters. The van der Waals surface area contributed by atoms with Gasteiger partial charge in [-0.25, -0.2) is 9.97 Å². The molecular weight excluding hydrogens is 276 g/mol. The molecule has 1 saturated heterocycles. The highest BCUT2D eigenvalue weighted by Gasteiger charge is 2.15. The Morgan fingerprint density at radius 3 is 2.59 bits per heavy atom. The van der Waals surface area contributed by atoms with Gasteiger partial charge in [-0.3, -0.25) is 4.79 Å². The van der Waals surface area contributed by atoms with Crippen LogP contribution in [-0.2, 0) is 0 Å². The number of anilines is 2. The van der Waals surface area contributed by atoms with Crippen molar-refractivity contribution in [1.29, 1.82) is 0 Å². The Hall–Kier alpha value is -2.43. The van der Waals surface area contributed by atoms with E-state index in [0.29, 0.717) is 5.69 Å². The number of amides is 1. The minimum absolute atomic E-state index is 0.228. The van der Waals surface area contributed by atoms with Crippen molar-refractivity contribution < 1.29 is 4.79 Å². The number of benzene rings is 1. The molecule has 2 aromatic rings. The van der Waals surface area contributed by atoms with E-state index >= 15 is 0 Å². The zero-order valence-electron chi connectivity index (χ0n) is 13.0. The van der Waals surface area contributed by atoms with Crippen LogP contribution < -0.4 is 10.2 Å². The average Bonchev–Trinajstić information content (AvgIpc) is 3.06. The van der Waals surface area contributed by atoms with Crippen LogP contribution in [0.25, 0.3) is 0 Å². The topological polar surface area (TPSA) is 58.1 Å². The molecule has 2 heterocycles. The quantitative estimate of drug-likeness (QED) is 0.946. The van der Waals surface area contributed by atoms with Gasteiger partial charge in [-0.05, 0) is 43.9 Å². The monoisotopic (exact) mass is 296 g/mol. The lowest BCUT2D eigenvalue weighted by molar-refractivity contribution is 0.102.